The van der Waals surface area contributed by atoms with Crippen LogP contribution in [-0.2, 0) is 4.79 Å². The van der Waals surface area contributed by atoms with Crippen LogP contribution in [0.15, 0.2) is 47.7 Å². The second kappa shape index (κ2) is 8.96. The van der Waals surface area contributed by atoms with Gasteiger partial charge in [0.15, 0.2) is 11.5 Å². The Morgan fingerprint density at radius 3 is 2.17 bits per heavy atom. The highest BCUT2D eigenvalue weighted by molar-refractivity contribution is 6.30. The number of hydrogen-bond acceptors (Lipinski definition) is 5. The molecule has 8 nitrogen and oxygen atoms in total. The number of anilines is 1. The van der Waals surface area contributed by atoms with Gasteiger partial charge in [0, 0.05) is 16.4 Å². The van der Waals surface area contributed by atoms with E-state index >= 15 is 0 Å². The van der Waals surface area contributed by atoms with E-state index in [0.717, 1.165) is 0 Å². The lowest BCUT2D eigenvalue weighted by Gasteiger charge is -2.29. The molecule has 0 saturated heterocycles. The molecule has 0 saturated carbocycles. The Kier molecular flexibility index (Phi) is 6.37. The Balaban J connectivity index is 2.03. The second-order valence-electron chi connectivity index (χ2n) is 6.49. The Morgan fingerprint density at radius 1 is 1.03 bits per heavy atom. The standard InChI is InChI=1S/C21H22ClN3O5/c1-11-17(20(26)24-14-7-5-13(22)6-8-14)18(25-21(27)23-11)12-9-15(28-2)19(30-4)16(10-12)29-3/h5-10,18H,1-4H3,(H,24,26)(H2,23,25,27)/t18-/m0/s1. The summed E-state index contributed by atoms with van der Waals surface area (Å²) in [5.41, 5.74) is 1.95. The molecule has 0 unspecified atom stereocenters. The van der Waals surface area contributed by atoms with Crippen molar-refractivity contribution < 1.29 is 23.8 Å². The van der Waals surface area contributed by atoms with E-state index in [4.69, 9.17) is 25.8 Å². The molecule has 30 heavy (non-hydrogen) atoms. The third-order valence-corrected chi connectivity index (χ3v) is 4.89. The largest absolute Gasteiger partial charge is 0.493 e. The van der Waals surface area contributed by atoms with Crippen molar-refractivity contribution in [3.05, 3.63) is 58.3 Å². The van der Waals surface area contributed by atoms with E-state index in [1.165, 1.54) is 21.3 Å². The molecule has 0 radical (unpaired) electrons. The fourth-order valence-corrected chi connectivity index (χ4v) is 3.37. The third-order valence-electron chi connectivity index (χ3n) is 4.64. The van der Waals surface area contributed by atoms with Gasteiger partial charge in [0.05, 0.1) is 32.9 Å². The van der Waals surface area contributed by atoms with Crippen LogP contribution in [0.3, 0.4) is 0 Å². The number of halogens is 1. The molecule has 1 aliphatic rings. The molecule has 9 heteroatoms. The summed E-state index contributed by atoms with van der Waals surface area (Å²) in [6.45, 7) is 1.67. The van der Waals surface area contributed by atoms with Crippen LogP contribution in [0.4, 0.5) is 10.5 Å². The molecule has 158 valence electrons. The Bertz CT molecular complexity index is 979. The van der Waals surface area contributed by atoms with Gasteiger partial charge in [-0.25, -0.2) is 4.79 Å². The first-order chi connectivity index (χ1) is 14.4. The number of rotatable bonds is 6. The van der Waals surface area contributed by atoms with Crippen LogP contribution in [0.25, 0.3) is 0 Å². The van der Waals surface area contributed by atoms with E-state index in [-0.39, 0.29) is 5.91 Å². The molecular weight excluding hydrogens is 410 g/mol. The topological polar surface area (TPSA) is 97.9 Å². The maximum Gasteiger partial charge on any atom is 0.319 e. The summed E-state index contributed by atoms with van der Waals surface area (Å²) in [6.07, 6.45) is 0. The number of ether oxygens (including phenoxy) is 3. The summed E-state index contributed by atoms with van der Waals surface area (Å²) in [5, 5.41) is 8.82. The number of benzene rings is 2. The van der Waals surface area contributed by atoms with Gasteiger partial charge in [-0.1, -0.05) is 11.6 Å². The number of allylic oxidation sites excluding steroid dienone is 1. The van der Waals surface area contributed by atoms with Gasteiger partial charge in [0.2, 0.25) is 5.75 Å². The first-order valence-corrected chi connectivity index (χ1v) is 9.40. The van der Waals surface area contributed by atoms with Crippen molar-refractivity contribution in [2.45, 2.75) is 13.0 Å². The minimum atomic E-state index is -0.736. The summed E-state index contributed by atoms with van der Waals surface area (Å²) in [7, 11) is 4.50. The van der Waals surface area contributed by atoms with Gasteiger partial charge in [-0.2, -0.15) is 0 Å². The van der Waals surface area contributed by atoms with E-state index in [0.29, 0.717) is 44.8 Å². The highest BCUT2D eigenvalue weighted by Crippen LogP contribution is 2.41. The summed E-state index contributed by atoms with van der Waals surface area (Å²) < 4.78 is 16.2. The summed E-state index contributed by atoms with van der Waals surface area (Å²) in [4.78, 5) is 25.3. The number of urea groups is 1. The van der Waals surface area contributed by atoms with Crippen molar-refractivity contribution in [2.75, 3.05) is 26.6 Å². The van der Waals surface area contributed by atoms with Gasteiger partial charge in [0.1, 0.15) is 0 Å². The smallest absolute Gasteiger partial charge is 0.319 e. The van der Waals surface area contributed by atoms with E-state index in [2.05, 4.69) is 16.0 Å². The average molecular weight is 432 g/mol. The van der Waals surface area contributed by atoms with Crippen LogP contribution in [0.5, 0.6) is 17.2 Å². The SMILES string of the molecule is COc1cc([C@@H]2NC(=O)NC(C)=C2C(=O)Nc2ccc(Cl)cc2)cc(OC)c1OC. The zero-order chi connectivity index (χ0) is 21.8. The van der Waals surface area contributed by atoms with Crippen molar-refractivity contribution in [3.63, 3.8) is 0 Å². The quantitative estimate of drug-likeness (QED) is 0.648. The number of amides is 3. The zero-order valence-electron chi connectivity index (χ0n) is 17.0. The average Bonchev–Trinajstić information content (AvgIpc) is 2.73. The van der Waals surface area contributed by atoms with Crippen molar-refractivity contribution >= 4 is 29.2 Å². The maximum absolute atomic E-state index is 13.1. The minimum Gasteiger partial charge on any atom is -0.493 e. The molecule has 2 aromatic rings. The number of carbonyl (C=O) groups excluding carboxylic acids is 2. The number of nitrogens with one attached hydrogen (secondary N) is 3. The number of carbonyl (C=O) groups is 2. The predicted molar refractivity (Wildman–Crippen MR) is 113 cm³/mol. The number of methoxy groups -OCH3 is 3. The van der Waals surface area contributed by atoms with Gasteiger partial charge >= 0.3 is 6.03 Å². The van der Waals surface area contributed by atoms with E-state index in [1.807, 2.05) is 0 Å². The molecule has 2 aromatic carbocycles. The molecule has 0 bridgehead atoms. The molecule has 3 rings (SSSR count). The van der Waals surface area contributed by atoms with Gasteiger partial charge in [-0.05, 0) is 48.9 Å². The lowest BCUT2D eigenvalue weighted by atomic mass is 9.94. The van der Waals surface area contributed by atoms with Gasteiger partial charge < -0.3 is 30.2 Å². The molecule has 0 fully saturated rings. The highest BCUT2D eigenvalue weighted by atomic mass is 35.5. The molecule has 1 heterocycles. The van der Waals surface area contributed by atoms with E-state index < -0.39 is 12.1 Å². The molecule has 0 aromatic heterocycles. The van der Waals surface area contributed by atoms with Crippen LogP contribution in [0.1, 0.15) is 18.5 Å². The zero-order valence-corrected chi connectivity index (χ0v) is 17.7. The first-order valence-electron chi connectivity index (χ1n) is 9.03. The van der Waals surface area contributed by atoms with Crippen molar-refractivity contribution in [1.82, 2.24) is 10.6 Å². The Hall–Kier alpha value is -3.39. The fraction of sp³-hybridized carbons (Fsp3) is 0.238. The molecule has 1 aliphatic heterocycles. The lowest BCUT2D eigenvalue weighted by Crippen LogP contribution is -2.46. The molecular formula is C21H22ClN3O5. The van der Waals surface area contributed by atoms with Crippen molar-refractivity contribution in [1.29, 1.82) is 0 Å². The minimum absolute atomic E-state index is 0.346. The Morgan fingerprint density at radius 2 is 1.63 bits per heavy atom. The summed E-state index contributed by atoms with van der Waals surface area (Å²) in [6, 6.07) is 8.97. The summed E-state index contributed by atoms with van der Waals surface area (Å²) >= 11 is 5.91. The number of hydrogen-bond donors (Lipinski definition) is 3. The van der Waals surface area contributed by atoms with Crippen LogP contribution < -0.4 is 30.2 Å². The lowest BCUT2D eigenvalue weighted by molar-refractivity contribution is -0.113. The molecule has 0 aliphatic carbocycles. The van der Waals surface area contributed by atoms with E-state index in [1.54, 1.807) is 43.3 Å². The van der Waals surface area contributed by atoms with Crippen LogP contribution in [0.2, 0.25) is 5.02 Å². The molecule has 0 spiro atoms. The summed E-state index contributed by atoms with van der Waals surface area (Å²) in [5.74, 6) is 0.863. The second-order valence-corrected chi connectivity index (χ2v) is 6.93. The third kappa shape index (κ3) is 4.28. The fourth-order valence-electron chi connectivity index (χ4n) is 3.24. The normalized spacial score (nSPS) is 15.8. The highest BCUT2D eigenvalue weighted by Gasteiger charge is 2.32. The Labute approximate surface area is 179 Å². The molecule has 3 N–H and O–H groups in total. The van der Waals surface area contributed by atoms with Crippen molar-refractivity contribution in [2.24, 2.45) is 0 Å². The van der Waals surface area contributed by atoms with Crippen molar-refractivity contribution in [3.8, 4) is 17.2 Å². The van der Waals surface area contributed by atoms with Gasteiger partial charge in [0.25, 0.3) is 5.91 Å². The van der Waals surface area contributed by atoms with Crippen LogP contribution in [0, 0.1) is 0 Å². The monoisotopic (exact) mass is 431 g/mol. The van der Waals surface area contributed by atoms with Crippen LogP contribution in [-0.4, -0.2) is 33.3 Å². The molecule has 1 atom stereocenters. The van der Waals surface area contributed by atoms with Gasteiger partial charge in [-0.3, -0.25) is 4.79 Å². The maximum atomic E-state index is 13.1. The molecule has 3 amide bonds. The van der Waals surface area contributed by atoms with Gasteiger partial charge in [-0.15, -0.1) is 0 Å². The first kappa shape index (κ1) is 21.3. The predicted octanol–water partition coefficient (Wildman–Crippen LogP) is 3.63. The van der Waals surface area contributed by atoms with Crippen LogP contribution >= 0.6 is 11.6 Å². The van der Waals surface area contributed by atoms with E-state index in [9.17, 15) is 9.59 Å².